The largest absolute Gasteiger partial charge is 0.374 e. The van der Waals surface area contributed by atoms with E-state index in [1.54, 1.807) is 12.1 Å². The molecule has 3 nitrogen and oxygen atoms in total. The van der Waals surface area contributed by atoms with E-state index in [9.17, 15) is 9.18 Å². The predicted molar refractivity (Wildman–Crippen MR) is 73.8 cm³/mol. The summed E-state index contributed by atoms with van der Waals surface area (Å²) in [5, 5.41) is 0. The van der Waals surface area contributed by atoms with Gasteiger partial charge in [0.25, 0.3) is 0 Å². The van der Waals surface area contributed by atoms with Crippen molar-refractivity contribution in [2.24, 2.45) is 5.92 Å². The molecule has 0 aromatic heterocycles. The van der Waals surface area contributed by atoms with Gasteiger partial charge in [0.15, 0.2) is 0 Å². The van der Waals surface area contributed by atoms with Crippen LogP contribution in [0.5, 0.6) is 0 Å². The Hall–Kier alpha value is -1.42. The highest BCUT2D eigenvalue weighted by molar-refractivity contribution is 5.79. The van der Waals surface area contributed by atoms with Gasteiger partial charge in [0.1, 0.15) is 5.82 Å². The maximum absolute atomic E-state index is 12.9. The third-order valence-electron chi connectivity index (χ3n) is 4.28. The highest BCUT2D eigenvalue weighted by atomic mass is 19.1. The van der Waals surface area contributed by atoms with E-state index < -0.39 is 0 Å². The minimum atomic E-state index is -0.222. The average Bonchev–Trinajstić information content (AvgIpc) is 2.40. The van der Waals surface area contributed by atoms with E-state index in [4.69, 9.17) is 4.74 Å². The van der Waals surface area contributed by atoms with Crippen LogP contribution in [0.15, 0.2) is 24.3 Å². The van der Waals surface area contributed by atoms with Gasteiger partial charge >= 0.3 is 0 Å². The zero-order valence-electron chi connectivity index (χ0n) is 11.6. The molecule has 3 rings (SSSR count). The van der Waals surface area contributed by atoms with E-state index in [0.29, 0.717) is 25.6 Å². The number of amides is 1. The van der Waals surface area contributed by atoms with Crippen LogP contribution in [0.4, 0.5) is 4.39 Å². The van der Waals surface area contributed by atoms with Gasteiger partial charge in [-0.2, -0.15) is 0 Å². The summed E-state index contributed by atoms with van der Waals surface area (Å²) < 4.78 is 18.6. The van der Waals surface area contributed by atoms with E-state index in [0.717, 1.165) is 24.8 Å². The highest BCUT2D eigenvalue weighted by Crippen LogP contribution is 2.29. The van der Waals surface area contributed by atoms with Crippen molar-refractivity contribution in [3.8, 4) is 0 Å². The third kappa shape index (κ3) is 3.01. The monoisotopic (exact) mass is 277 g/mol. The Labute approximate surface area is 118 Å². The molecule has 1 atom stereocenters. The first-order valence-electron chi connectivity index (χ1n) is 7.37. The van der Waals surface area contributed by atoms with E-state index in [2.05, 4.69) is 0 Å². The molecular weight excluding hydrogens is 257 g/mol. The molecule has 20 heavy (non-hydrogen) atoms. The topological polar surface area (TPSA) is 29.5 Å². The number of halogens is 1. The molecule has 2 aliphatic rings. The molecule has 2 fully saturated rings. The Kier molecular flexibility index (Phi) is 4.01. The van der Waals surface area contributed by atoms with Crippen LogP contribution in [-0.4, -0.2) is 36.6 Å². The summed E-state index contributed by atoms with van der Waals surface area (Å²) in [5.41, 5.74) is 1.05. The van der Waals surface area contributed by atoms with Gasteiger partial charge in [0, 0.05) is 25.4 Å². The van der Waals surface area contributed by atoms with Gasteiger partial charge in [-0.3, -0.25) is 4.79 Å². The van der Waals surface area contributed by atoms with Crippen molar-refractivity contribution < 1.29 is 13.9 Å². The maximum Gasteiger partial charge on any atom is 0.225 e. The Morgan fingerprint density at radius 1 is 1.30 bits per heavy atom. The molecule has 0 unspecified atom stereocenters. The van der Waals surface area contributed by atoms with Crippen LogP contribution < -0.4 is 0 Å². The van der Waals surface area contributed by atoms with E-state index in [1.165, 1.54) is 18.6 Å². The summed E-state index contributed by atoms with van der Waals surface area (Å²) in [5.74, 6) is 0.323. The smallest absolute Gasteiger partial charge is 0.225 e. The van der Waals surface area contributed by atoms with E-state index >= 15 is 0 Å². The molecule has 1 aromatic carbocycles. The fourth-order valence-electron chi connectivity index (χ4n) is 2.84. The first-order chi connectivity index (χ1) is 9.72. The molecule has 1 heterocycles. The number of nitrogens with zero attached hydrogens (tertiary/aromatic N) is 1. The second kappa shape index (κ2) is 5.92. The molecule has 1 aromatic rings. The quantitative estimate of drug-likeness (QED) is 0.849. The molecular formula is C16H20FNO2. The molecule has 1 aliphatic heterocycles. The van der Waals surface area contributed by atoms with Gasteiger partial charge in [-0.05, 0) is 30.5 Å². The van der Waals surface area contributed by atoms with Crippen LogP contribution in [0, 0.1) is 11.7 Å². The van der Waals surface area contributed by atoms with Crippen LogP contribution in [0.25, 0.3) is 0 Å². The molecule has 0 spiro atoms. The van der Waals surface area contributed by atoms with Crippen molar-refractivity contribution in [2.45, 2.75) is 31.8 Å². The SMILES string of the molecule is O=C(C1CCC1)N1CCO[C@@H](Cc2ccc(F)cc2)C1. The number of hydrogen-bond donors (Lipinski definition) is 0. The van der Waals surface area contributed by atoms with Crippen molar-refractivity contribution >= 4 is 5.91 Å². The van der Waals surface area contributed by atoms with Crippen LogP contribution in [-0.2, 0) is 16.0 Å². The number of rotatable bonds is 3. The summed E-state index contributed by atoms with van der Waals surface area (Å²) in [6.45, 7) is 1.96. The fraction of sp³-hybridized carbons (Fsp3) is 0.562. The third-order valence-corrected chi connectivity index (χ3v) is 4.28. The maximum atomic E-state index is 12.9. The number of ether oxygens (including phenoxy) is 1. The van der Waals surface area contributed by atoms with Crippen molar-refractivity contribution in [3.63, 3.8) is 0 Å². The zero-order valence-corrected chi connectivity index (χ0v) is 11.6. The van der Waals surface area contributed by atoms with Crippen LogP contribution in [0.3, 0.4) is 0 Å². The van der Waals surface area contributed by atoms with Gasteiger partial charge < -0.3 is 9.64 Å². The standard InChI is InChI=1S/C16H20FNO2/c17-14-6-4-12(5-7-14)10-15-11-18(8-9-20-15)16(19)13-2-1-3-13/h4-7,13,15H,1-3,8-11H2/t15-/m0/s1. The Bertz CT molecular complexity index is 470. The summed E-state index contributed by atoms with van der Waals surface area (Å²) in [6, 6.07) is 6.50. The minimum absolute atomic E-state index is 0.0261. The molecule has 1 saturated heterocycles. The molecule has 1 aliphatic carbocycles. The first kappa shape index (κ1) is 13.6. The molecule has 4 heteroatoms. The Morgan fingerprint density at radius 3 is 2.70 bits per heavy atom. The summed E-state index contributed by atoms with van der Waals surface area (Å²) in [6.07, 6.45) is 4.02. The number of morpholine rings is 1. The lowest BCUT2D eigenvalue weighted by Crippen LogP contribution is -2.49. The number of carbonyl (C=O) groups excluding carboxylic acids is 1. The van der Waals surface area contributed by atoms with Gasteiger partial charge in [-0.15, -0.1) is 0 Å². The lowest BCUT2D eigenvalue weighted by molar-refractivity contribution is -0.145. The molecule has 0 N–H and O–H groups in total. The van der Waals surface area contributed by atoms with Crippen molar-refractivity contribution in [1.29, 1.82) is 0 Å². The number of carbonyl (C=O) groups is 1. The van der Waals surface area contributed by atoms with E-state index in [-0.39, 0.29) is 17.8 Å². The molecule has 108 valence electrons. The molecule has 1 saturated carbocycles. The lowest BCUT2D eigenvalue weighted by atomic mass is 9.84. The average molecular weight is 277 g/mol. The minimum Gasteiger partial charge on any atom is -0.374 e. The molecule has 0 bridgehead atoms. The van der Waals surface area contributed by atoms with Gasteiger partial charge in [0.2, 0.25) is 5.91 Å². The number of benzene rings is 1. The molecule has 1 amide bonds. The van der Waals surface area contributed by atoms with Gasteiger partial charge in [-0.1, -0.05) is 18.6 Å². The van der Waals surface area contributed by atoms with Crippen molar-refractivity contribution in [3.05, 3.63) is 35.6 Å². The Morgan fingerprint density at radius 2 is 2.05 bits per heavy atom. The van der Waals surface area contributed by atoms with Crippen molar-refractivity contribution in [2.75, 3.05) is 19.7 Å². The van der Waals surface area contributed by atoms with Gasteiger partial charge in [0.05, 0.1) is 12.7 Å². The zero-order chi connectivity index (χ0) is 13.9. The van der Waals surface area contributed by atoms with Crippen molar-refractivity contribution in [1.82, 2.24) is 4.90 Å². The number of hydrogen-bond acceptors (Lipinski definition) is 2. The summed E-state index contributed by atoms with van der Waals surface area (Å²) in [7, 11) is 0. The van der Waals surface area contributed by atoms with Crippen LogP contribution in [0.1, 0.15) is 24.8 Å². The second-order valence-electron chi connectivity index (χ2n) is 5.74. The Balaban J connectivity index is 1.57. The van der Waals surface area contributed by atoms with Gasteiger partial charge in [-0.25, -0.2) is 4.39 Å². The first-order valence-corrected chi connectivity index (χ1v) is 7.37. The predicted octanol–water partition coefficient (Wildman–Crippen LogP) is 2.40. The lowest BCUT2D eigenvalue weighted by Gasteiger charge is -2.37. The fourth-order valence-corrected chi connectivity index (χ4v) is 2.84. The summed E-state index contributed by atoms with van der Waals surface area (Å²) >= 11 is 0. The van der Waals surface area contributed by atoms with Crippen LogP contribution in [0.2, 0.25) is 0 Å². The second-order valence-corrected chi connectivity index (χ2v) is 5.74. The van der Waals surface area contributed by atoms with Crippen LogP contribution >= 0.6 is 0 Å². The normalized spacial score (nSPS) is 23.4. The highest BCUT2D eigenvalue weighted by Gasteiger charge is 2.32. The molecule has 0 radical (unpaired) electrons. The van der Waals surface area contributed by atoms with E-state index in [1.807, 2.05) is 4.90 Å². The summed E-state index contributed by atoms with van der Waals surface area (Å²) in [4.78, 5) is 14.2.